The normalized spacial score (nSPS) is 16.3. The summed E-state index contributed by atoms with van der Waals surface area (Å²) in [6, 6.07) is 15.5. The van der Waals surface area contributed by atoms with Gasteiger partial charge in [0.1, 0.15) is 11.9 Å². The Morgan fingerprint density at radius 3 is 2.83 bits per heavy atom. The number of hydrogen-bond donors (Lipinski definition) is 0. The highest BCUT2D eigenvalue weighted by Gasteiger charge is 2.26. The molecular formula is C19H21BrN2O2. The number of benzene rings is 2. The fourth-order valence-electron chi connectivity index (χ4n) is 3.00. The Balaban J connectivity index is 1.71. The van der Waals surface area contributed by atoms with E-state index in [4.69, 9.17) is 4.74 Å². The Morgan fingerprint density at radius 1 is 1.29 bits per heavy atom. The third kappa shape index (κ3) is 3.56. The highest BCUT2D eigenvalue weighted by atomic mass is 79.9. The summed E-state index contributed by atoms with van der Waals surface area (Å²) in [4.78, 5) is 16.6. The minimum absolute atomic E-state index is 0.00167. The summed E-state index contributed by atoms with van der Waals surface area (Å²) in [5.74, 6) is 0.890. The summed E-state index contributed by atoms with van der Waals surface area (Å²) in [6.45, 7) is 4.38. The highest BCUT2D eigenvalue weighted by molar-refractivity contribution is 9.10. The molecule has 0 spiro atoms. The number of likely N-dealkylation sites (N-methyl/N-ethyl adjacent to an activating group) is 2. The van der Waals surface area contributed by atoms with Gasteiger partial charge in [-0.3, -0.25) is 4.79 Å². The van der Waals surface area contributed by atoms with E-state index in [0.29, 0.717) is 12.1 Å². The minimum atomic E-state index is -0.0408. The quantitative estimate of drug-likeness (QED) is 0.798. The number of carbonyl (C=O) groups excluding carboxylic acids is 1. The first-order valence-corrected chi connectivity index (χ1v) is 8.89. The number of fused-ring (bicyclic) bond motifs is 1. The molecule has 0 aliphatic carbocycles. The first kappa shape index (κ1) is 16.8. The molecule has 2 aromatic rings. The number of ether oxygens (including phenoxy) is 1. The van der Waals surface area contributed by atoms with E-state index in [1.165, 1.54) is 0 Å². The lowest BCUT2D eigenvalue weighted by Crippen LogP contribution is -2.46. The van der Waals surface area contributed by atoms with E-state index in [1.54, 1.807) is 4.90 Å². The number of hydrogen-bond acceptors (Lipinski definition) is 3. The maximum atomic E-state index is 12.6. The average Bonchev–Trinajstić information content (AvgIpc) is 2.60. The van der Waals surface area contributed by atoms with Crippen molar-refractivity contribution in [1.29, 1.82) is 0 Å². The van der Waals surface area contributed by atoms with Crippen molar-refractivity contribution in [3.63, 3.8) is 0 Å². The molecule has 5 heteroatoms. The van der Waals surface area contributed by atoms with Crippen molar-refractivity contribution < 1.29 is 9.53 Å². The third-order valence-electron chi connectivity index (χ3n) is 4.20. The van der Waals surface area contributed by atoms with Crippen LogP contribution in [0.2, 0.25) is 0 Å². The molecule has 0 unspecified atom stereocenters. The zero-order chi connectivity index (χ0) is 17.1. The number of anilines is 1. The van der Waals surface area contributed by atoms with Crippen LogP contribution < -0.4 is 9.64 Å². The largest absolute Gasteiger partial charge is 0.485 e. The van der Waals surface area contributed by atoms with E-state index in [9.17, 15) is 4.79 Å². The second kappa shape index (κ2) is 7.26. The van der Waals surface area contributed by atoms with Gasteiger partial charge < -0.3 is 14.5 Å². The van der Waals surface area contributed by atoms with E-state index in [1.807, 2.05) is 49.5 Å². The van der Waals surface area contributed by atoms with Gasteiger partial charge in [-0.15, -0.1) is 0 Å². The molecule has 1 aliphatic rings. The molecule has 0 radical (unpaired) electrons. The zero-order valence-electron chi connectivity index (χ0n) is 13.9. The Kier molecular flexibility index (Phi) is 5.09. The number of carbonyl (C=O) groups is 1. The molecule has 126 valence electrons. The van der Waals surface area contributed by atoms with Crippen LogP contribution in [0.4, 0.5) is 5.69 Å². The van der Waals surface area contributed by atoms with Crippen LogP contribution in [0.3, 0.4) is 0 Å². The Labute approximate surface area is 151 Å². The summed E-state index contributed by atoms with van der Waals surface area (Å²) < 4.78 is 7.00. The van der Waals surface area contributed by atoms with Crippen LogP contribution in [0.25, 0.3) is 0 Å². The lowest BCUT2D eigenvalue weighted by molar-refractivity contribution is 0.0709. The molecule has 1 atom stereocenters. The number of amides is 1. The van der Waals surface area contributed by atoms with Crippen LogP contribution in [0.5, 0.6) is 5.75 Å². The monoisotopic (exact) mass is 388 g/mol. The van der Waals surface area contributed by atoms with Crippen LogP contribution >= 0.6 is 15.9 Å². The van der Waals surface area contributed by atoms with Crippen LogP contribution in [0.15, 0.2) is 53.0 Å². The van der Waals surface area contributed by atoms with Gasteiger partial charge in [0, 0.05) is 23.6 Å². The zero-order valence-corrected chi connectivity index (χ0v) is 15.5. The maximum Gasteiger partial charge on any atom is 0.253 e. The fourth-order valence-corrected chi connectivity index (χ4v) is 3.40. The SMILES string of the molecule is CCN1C[C@@H](CN(C)C(=O)c2cccc(Br)c2)Oc2ccccc21. The van der Waals surface area contributed by atoms with Crippen molar-refractivity contribution in [1.82, 2.24) is 4.90 Å². The van der Waals surface area contributed by atoms with Crippen molar-refractivity contribution in [2.75, 3.05) is 31.6 Å². The summed E-state index contributed by atoms with van der Waals surface area (Å²) in [6.07, 6.45) is -0.0408. The molecule has 0 fully saturated rings. The fraction of sp³-hybridized carbons (Fsp3) is 0.316. The third-order valence-corrected chi connectivity index (χ3v) is 4.69. The lowest BCUT2D eigenvalue weighted by atomic mass is 10.1. The minimum Gasteiger partial charge on any atom is -0.485 e. The molecule has 1 aliphatic heterocycles. The molecule has 1 amide bonds. The van der Waals surface area contributed by atoms with Gasteiger partial charge >= 0.3 is 0 Å². The Bertz CT molecular complexity index is 735. The van der Waals surface area contributed by atoms with Gasteiger partial charge in [-0.1, -0.05) is 34.1 Å². The van der Waals surface area contributed by atoms with Crippen LogP contribution in [-0.2, 0) is 0 Å². The summed E-state index contributed by atoms with van der Waals surface area (Å²) in [5.41, 5.74) is 1.80. The van der Waals surface area contributed by atoms with Crippen LogP contribution in [-0.4, -0.2) is 43.6 Å². The van der Waals surface area contributed by atoms with Crippen molar-refractivity contribution in [2.45, 2.75) is 13.0 Å². The molecule has 24 heavy (non-hydrogen) atoms. The molecule has 1 heterocycles. The predicted molar refractivity (Wildman–Crippen MR) is 99.8 cm³/mol. The number of para-hydroxylation sites is 2. The Hall–Kier alpha value is -2.01. The molecule has 0 N–H and O–H groups in total. The first-order valence-electron chi connectivity index (χ1n) is 8.10. The smallest absolute Gasteiger partial charge is 0.253 e. The molecule has 2 aromatic carbocycles. The summed E-state index contributed by atoms with van der Waals surface area (Å²) in [7, 11) is 1.82. The van der Waals surface area contributed by atoms with E-state index in [0.717, 1.165) is 29.0 Å². The van der Waals surface area contributed by atoms with Gasteiger partial charge in [0.25, 0.3) is 5.91 Å². The van der Waals surface area contributed by atoms with Crippen molar-refractivity contribution in [3.05, 3.63) is 58.6 Å². The van der Waals surface area contributed by atoms with Gasteiger partial charge in [-0.05, 0) is 37.3 Å². The maximum absolute atomic E-state index is 12.6. The van der Waals surface area contributed by atoms with Gasteiger partial charge in [-0.25, -0.2) is 0 Å². The van der Waals surface area contributed by atoms with Crippen molar-refractivity contribution in [3.8, 4) is 5.75 Å². The van der Waals surface area contributed by atoms with E-state index in [-0.39, 0.29) is 12.0 Å². The molecular weight excluding hydrogens is 368 g/mol. The summed E-state index contributed by atoms with van der Waals surface area (Å²) >= 11 is 3.41. The predicted octanol–water partition coefficient (Wildman–Crippen LogP) is 3.81. The second-order valence-electron chi connectivity index (χ2n) is 5.94. The molecule has 4 nitrogen and oxygen atoms in total. The highest BCUT2D eigenvalue weighted by Crippen LogP contribution is 2.32. The van der Waals surface area contributed by atoms with Gasteiger partial charge in [0.15, 0.2) is 0 Å². The standard InChI is InChI=1S/C19H21BrN2O2/c1-3-22-13-16(24-18-10-5-4-9-17(18)22)12-21(2)19(23)14-7-6-8-15(20)11-14/h4-11,16H,3,12-13H2,1-2H3/t16-/m1/s1. The van der Waals surface area contributed by atoms with Crippen molar-refractivity contribution in [2.24, 2.45) is 0 Å². The first-order chi connectivity index (χ1) is 11.6. The Morgan fingerprint density at radius 2 is 2.08 bits per heavy atom. The van der Waals surface area contributed by atoms with Crippen LogP contribution in [0, 0.1) is 0 Å². The second-order valence-corrected chi connectivity index (χ2v) is 6.86. The molecule has 0 aromatic heterocycles. The van der Waals surface area contributed by atoms with Gasteiger partial charge in [-0.2, -0.15) is 0 Å². The molecule has 0 saturated heterocycles. The van der Waals surface area contributed by atoms with Gasteiger partial charge in [0.2, 0.25) is 0 Å². The topological polar surface area (TPSA) is 32.8 Å². The number of halogens is 1. The number of nitrogens with zero attached hydrogens (tertiary/aromatic N) is 2. The molecule has 0 saturated carbocycles. The van der Waals surface area contributed by atoms with E-state index >= 15 is 0 Å². The van der Waals surface area contributed by atoms with E-state index in [2.05, 4.69) is 33.8 Å². The average molecular weight is 389 g/mol. The van der Waals surface area contributed by atoms with Gasteiger partial charge in [0.05, 0.1) is 18.8 Å². The number of rotatable bonds is 4. The van der Waals surface area contributed by atoms with E-state index < -0.39 is 0 Å². The van der Waals surface area contributed by atoms with Crippen molar-refractivity contribution >= 4 is 27.5 Å². The molecule has 0 bridgehead atoms. The van der Waals surface area contributed by atoms with Crippen LogP contribution in [0.1, 0.15) is 17.3 Å². The lowest BCUT2D eigenvalue weighted by Gasteiger charge is -2.37. The molecule has 3 rings (SSSR count). The summed E-state index contributed by atoms with van der Waals surface area (Å²) in [5, 5.41) is 0.